The molecule has 2 heteroatoms. The van der Waals surface area contributed by atoms with E-state index in [2.05, 4.69) is 4.98 Å². The van der Waals surface area contributed by atoms with Crippen LogP contribution in [0.3, 0.4) is 0 Å². The molecule has 13 heavy (non-hydrogen) atoms. The van der Waals surface area contributed by atoms with Gasteiger partial charge in [0.25, 0.3) is 0 Å². The number of nitrogens with zero attached hydrogens (tertiary/aromatic N) is 1. The van der Waals surface area contributed by atoms with E-state index in [1.54, 1.807) is 6.26 Å². The predicted octanol–water partition coefficient (Wildman–Crippen LogP) is 2.90. The molecule has 0 fully saturated rings. The van der Waals surface area contributed by atoms with Gasteiger partial charge in [0.05, 0.1) is 0 Å². The van der Waals surface area contributed by atoms with Crippen LogP contribution in [0.25, 0.3) is 11.3 Å². The van der Waals surface area contributed by atoms with Gasteiger partial charge in [0.2, 0.25) is 0 Å². The molecule has 0 N–H and O–H groups in total. The number of oxazole rings is 1. The van der Waals surface area contributed by atoms with E-state index in [4.69, 9.17) is 4.42 Å². The van der Waals surface area contributed by atoms with Crippen molar-refractivity contribution in [3.63, 3.8) is 0 Å². The summed E-state index contributed by atoms with van der Waals surface area (Å²) >= 11 is 0. The first kappa shape index (κ1) is 8.05. The van der Waals surface area contributed by atoms with Crippen molar-refractivity contribution in [2.24, 2.45) is 0 Å². The summed E-state index contributed by atoms with van der Waals surface area (Å²) in [6, 6.07) is 10.0. The van der Waals surface area contributed by atoms with Crippen LogP contribution >= 0.6 is 0 Å². The molecule has 0 aliphatic heterocycles. The van der Waals surface area contributed by atoms with E-state index in [-0.39, 0.29) is 0 Å². The lowest BCUT2D eigenvalue weighted by molar-refractivity contribution is 0.502. The average molecular weight is 173 g/mol. The van der Waals surface area contributed by atoms with Crippen LogP contribution in [-0.2, 0) is 6.42 Å². The van der Waals surface area contributed by atoms with Gasteiger partial charge in [0, 0.05) is 12.0 Å². The van der Waals surface area contributed by atoms with Crippen molar-refractivity contribution in [2.75, 3.05) is 0 Å². The molecular weight excluding hydrogens is 162 g/mol. The van der Waals surface area contributed by atoms with Gasteiger partial charge in [-0.05, 0) is 0 Å². The highest BCUT2D eigenvalue weighted by atomic mass is 16.3. The molecule has 0 unspecified atom stereocenters. The number of hydrogen-bond acceptors (Lipinski definition) is 2. The number of benzene rings is 1. The van der Waals surface area contributed by atoms with Gasteiger partial charge < -0.3 is 4.42 Å². The fourth-order valence-electron chi connectivity index (χ4n) is 1.21. The Balaban J connectivity index is 2.36. The standard InChI is InChI=1S/C11H11NO/c1-2-11-12-10(8-13-11)9-6-4-3-5-7-9/h3-8H,2H2,1H3. The normalized spacial score (nSPS) is 10.2. The fourth-order valence-corrected chi connectivity index (χ4v) is 1.21. The average Bonchev–Trinajstić information content (AvgIpc) is 2.67. The molecule has 1 heterocycles. The van der Waals surface area contributed by atoms with Crippen LogP contribution in [0.15, 0.2) is 41.0 Å². The lowest BCUT2D eigenvalue weighted by Crippen LogP contribution is -1.79. The smallest absolute Gasteiger partial charge is 0.194 e. The Morgan fingerprint density at radius 1 is 1.23 bits per heavy atom. The third-order valence-electron chi connectivity index (χ3n) is 1.92. The monoisotopic (exact) mass is 173 g/mol. The van der Waals surface area contributed by atoms with Crippen LogP contribution < -0.4 is 0 Å². The second-order valence-electron chi connectivity index (χ2n) is 2.85. The molecule has 0 atom stereocenters. The maximum absolute atomic E-state index is 5.26. The van der Waals surface area contributed by atoms with Crippen molar-refractivity contribution in [3.05, 3.63) is 42.5 Å². The second-order valence-corrected chi connectivity index (χ2v) is 2.85. The Labute approximate surface area is 77.2 Å². The van der Waals surface area contributed by atoms with Crippen molar-refractivity contribution in [2.45, 2.75) is 13.3 Å². The molecule has 0 amide bonds. The largest absolute Gasteiger partial charge is 0.448 e. The highest BCUT2D eigenvalue weighted by Crippen LogP contribution is 2.17. The van der Waals surface area contributed by atoms with Crippen LogP contribution in [0.1, 0.15) is 12.8 Å². The zero-order valence-corrected chi connectivity index (χ0v) is 7.53. The van der Waals surface area contributed by atoms with Gasteiger partial charge in [-0.25, -0.2) is 4.98 Å². The molecule has 0 radical (unpaired) electrons. The van der Waals surface area contributed by atoms with Crippen LogP contribution in [0.5, 0.6) is 0 Å². The Bertz CT molecular complexity index is 378. The number of hydrogen-bond donors (Lipinski definition) is 0. The third kappa shape index (κ3) is 1.61. The Hall–Kier alpha value is -1.57. The molecule has 0 saturated carbocycles. The highest BCUT2D eigenvalue weighted by molar-refractivity contribution is 5.57. The van der Waals surface area contributed by atoms with Gasteiger partial charge >= 0.3 is 0 Å². The summed E-state index contributed by atoms with van der Waals surface area (Å²) in [7, 11) is 0. The summed E-state index contributed by atoms with van der Waals surface area (Å²) in [6.45, 7) is 2.03. The zero-order valence-electron chi connectivity index (χ0n) is 7.53. The fraction of sp³-hybridized carbons (Fsp3) is 0.182. The first-order chi connectivity index (χ1) is 6.40. The quantitative estimate of drug-likeness (QED) is 0.697. The van der Waals surface area contributed by atoms with Gasteiger partial charge in [-0.3, -0.25) is 0 Å². The third-order valence-corrected chi connectivity index (χ3v) is 1.92. The van der Waals surface area contributed by atoms with Crippen LogP contribution in [0.2, 0.25) is 0 Å². The van der Waals surface area contributed by atoms with Gasteiger partial charge in [-0.2, -0.15) is 0 Å². The van der Waals surface area contributed by atoms with Crippen molar-refractivity contribution >= 4 is 0 Å². The first-order valence-electron chi connectivity index (χ1n) is 4.40. The number of rotatable bonds is 2. The van der Waals surface area contributed by atoms with Gasteiger partial charge in [0.15, 0.2) is 5.89 Å². The summed E-state index contributed by atoms with van der Waals surface area (Å²) in [5, 5.41) is 0. The molecule has 0 spiro atoms. The second kappa shape index (κ2) is 3.44. The minimum Gasteiger partial charge on any atom is -0.448 e. The molecular formula is C11H11NO. The SMILES string of the molecule is CCc1nc(-c2ccccc2)co1. The van der Waals surface area contributed by atoms with Crippen molar-refractivity contribution in [3.8, 4) is 11.3 Å². The maximum Gasteiger partial charge on any atom is 0.194 e. The van der Waals surface area contributed by atoms with E-state index in [1.165, 1.54) is 0 Å². The van der Waals surface area contributed by atoms with Crippen molar-refractivity contribution in [1.29, 1.82) is 0 Å². The minimum atomic E-state index is 0.791. The molecule has 0 saturated heterocycles. The Morgan fingerprint density at radius 2 is 2.00 bits per heavy atom. The summed E-state index contributed by atoms with van der Waals surface area (Å²) < 4.78 is 5.26. The maximum atomic E-state index is 5.26. The lowest BCUT2D eigenvalue weighted by Gasteiger charge is -1.91. The Kier molecular flexibility index (Phi) is 2.13. The molecule has 1 aromatic heterocycles. The van der Waals surface area contributed by atoms with E-state index in [1.807, 2.05) is 37.3 Å². The van der Waals surface area contributed by atoms with E-state index in [0.717, 1.165) is 23.6 Å². The van der Waals surface area contributed by atoms with E-state index >= 15 is 0 Å². The molecule has 2 rings (SSSR count). The molecule has 1 aromatic carbocycles. The molecule has 2 nitrogen and oxygen atoms in total. The predicted molar refractivity (Wildman–Crippen MR) is 51.3 cm³/mol. The van der Waals surface area contributed by atoms with Crippen molar-refractivity contribution in [1.82, 2.24) is 4.98 Å². The molecule has 2 aromatic rings. The van der Waals surface area contributed by atoms with Gasteiger partial charge in [-0.1, -0.05) is 37.3 Å². The van der Waals surface area contributed by atoms with E-state index in [9.17, 15) is 0 Å². The van der Waals surface area contributed by atoms with Crippen LogP contribution in [0.4, 0.5) is 0 Å². The van der Waals surface area contributed by atoms with Crippen LogP contribution in [-0.4, -0.2) is 4.98 Å². The van der Waals surface area contributed by atoms with Gasteiger partial charge in [-0.15, -0.1) is 0 Å². The van der Waals surface area contributed by atoms with E-state index in [0.29, 0.717) is 0 Å². The topological polar surface area (TPSA) is 26.0 Å². The minimum absolute atomic E-state index is 0.791. The summed E-state index contributed by atoms with van der Waals surface area (Å²) in [4.78, 5) is 4.33. The highest BCUT2D eigenvalue weighted by Gasteiger charge is 2.02. The summed E-state index contributed by atoms with van der Waals surface area (Å²) in [5.74, 6) is 0.791. The molecule has 0 aliphatic rings. The first-order valence-corrected chi connectivity index (χ1v) is 4.40. The summed E-state index contributed by atoms with van der Waals surface area (Å²) in [6.07, 6.45) is 2.54. The molecule has 0 bridgehead atoms. The van der Waals surface area contributed by atoms with Crippen LogP contribution in [0, 0.1) is 0 Å². The molecule has 0 aliphatic carbocycles. The number of aryl methyl sites for hydroxylation is 1. The number of aromatic nitrogens is 1. The lowest BCUT2D eigenvalue weighted by atomic mass is 10.2. The van der Waals surface area contributed by atoms with Crippen molar-refractivity contribution < 1.29 is 4.42 Å². The molecule has 66 valence electrons. The Morgan fingerprint density at radius 3 is 2.62 bits per heavy atom. The van der Waals surface area contributed by atoms with Gasteiger partial charge in [0.1, 0.15) is 12.0 Å². The zero-order chi connectivity index (χ0) is 9.10. The summed E-state index contributed by atoms with van der Waals surface area (Å²) in [5.41, 5.74) is 2.02. The van der Waals surface area contributed by atoms with E-state index < -0.39 is 0 Å².